The number of allylic oxidation sites excluding steroid dienone is 1. The number of benzene rings is 2. The van der Waals surface area contributed by atoms with E-state index in [1.807, 2.05) is 25.1 Å². The Morgan fingerprint density at radius 1 is 0.969 bits per heavy atom. The molecule has 0 radical (unpaired) electrons. The molecule has 0 spiro atoms. The van der Waals surface area contributed by atoms with Crippen molar-refractivity contribution in [2.75, 3.05) is 5.32 Å². The summed E-state index contributed by atoms with van der Waals surface area (Å²) in [5.41, 5.74) is 2.58. The number of para-hydroxylation sites is 1. The van der Waals surface area contributed by atoms with Crippen molar-refractivity contribution >= 4 is 40.5 Å². The maximum absolute atomic E-state index is 13.4. The molecule has 1 aliphatic rings. The van der Waals surface area contributed by atoms with Gasteiger partial charge in [0.15, 0.2) is 5.78 Å². The Hall–Kier alpha value is -3.05. The van der Waals surface area contributed by atoms with Crippen LogP contribution in [0.5, 0.6) is 0 Å². The lowest BCUT2D eigenvalue weighted by Gasteiger charge is -2.24. The van der Waals surface area contributed by atoms with Gasteiger partial charge in [-0.1, -0.05) is 74.8 Å². The fraction of sp³-hybridized carbons (Fsp3) is 0.308. The molecule has 6 heteroatoms. The number of nitrogens with one attached hydrogen (secondary N) is 1. The Morgan fingerprint density at radius 2 is 1.59 bits per heavy atom. The molecule has 1 amide bonds. The highest BCUT2D eigenvalue weighted by atomic mass is 35.5. The third-order valence-electron chi connectivity index (χ3n) is 6.01. The zero-order valence-corrected chi connectivity index (χ0v) is 19.4. The molecule has 0 heterocycles. The molecule has 5 nitrogen and oxygen atoms in total. The van der Waals surface area contributed by atoms with Crippen LogP contribution in [-0.4, -0.2) is 23.3 Å². The Bertz CT molecular complexity index is 1150. The monoisotopic (exact) mass is 451 g/mol. The standard InChI is InChI=1S/C26H26ClNO4/c1-5-14(3)17-13-9-10-16(6-2)23(17)28-26(32)20(15(4)29)21-22(27)25(31)19-12-8-7-11-18(19)24(21)30/h7-14,20H,5-6H2,1-4H3,(H,28,32)/t14-,20-/m1/s1. The van der Waals surface area contributed by atoms with Crippen molar-refractivity contribution in [3.63, 3.8) is 0 Å². The summed E-state index contributed by atoms with van der Waals surface area (Å²) in [6.45, 7) is 7.32. The van der Waals surface area contributed by atoms with Gasteiger partial charge >= 0.3 is 0 Å². The van der Waals surface area contributed by atoms with Crippen molar-refractivity contribution < 1.29 is 19.2 Å². The van der Waals surface area contributed by atoms with Gasteiger partial charge < -0.3 is 5.32 Å². The summed E-state index contributed by atoms with van der Waals surface area (Å²) in [6, 6.07) is 12.1. The van der Waals surface area contributed by atoms with E-state index in [2.05, 4.69) is 19.2 Å². The molecule has 0 aliphatic heterocycles. The lowest BCUT2D eigenvalue weighted by atomic mass is 9.81. The van der Waals surface area contributed by atoms with Crippen molar-refractivity contribution in [2.45, 2.75) is 46.5 Å². The number of rotatable bonds is 7. The normalized spacial score (nSPS) is 15.3. The minimum absolute atomic E-state index is 0.144. The van der Waals surface area contributed by atoms with Crippen molar-refractivity contribution in [1.82, 2.24) is 0 Å². The molecule has 0 saturated carbocycles. The van der Waals surface area contributed by atoms with Crippen LogP contribution in [0.15, 0.2) is 53.1 Å². The number of carbonyl (C=O) groups is 4. The van der Waals surface area contributed by atoms with Gasteiger partial charge in [-0.3, -0.25) is 19.2 Å². The number of aryl methyl sites for hydroxylation is 1. The SMILES string of the molecule is CCc1cccc([C@H](C)CC)c1NC(=O)[C@H](C(C)=O)C1=C(Cl)C(=O)c2ccccc2C1=O. The molecular weight excluding hydrogens is 426 g/mol. The molecule has 0 aromatic heterocycles. The number of hydrogen-bond donors (Lipinski definition) is 1. The van der Waals surface area contributed by atoms with Crippen molar-refractivity contribution in [3.8, 4) is 0 Å². The summed E-state index contributed by atoms with van der Waals surface area (Å²) in [4.78, 5) is 52.0. The van der Waals surface area contributed by atoms with Crippen LogP contribution < -0.4 is 5.32 Å². The summed E-state index contributed by atoms with van der Waals surface area (Å²) < 4.78 is 0. The van der Waals surface area contributed by atoms with Gasteiger partial charge in [-0.15, -0.1) is 0 Å². The number of carbonyl (C=O) groups excluding carboxylic acids is 4. The van der Waals surface area contributed by atoms with E-state index in [0.29, 0.717) is 12.1 Å². The minimum Gasteiger partial charge on any atom is -0.325 e. The van der Waals surface area contributed by atoms with E-state index in [0.717, 1.165) is 17.5 Å². The Morgan fingerprint density at radius 3 is 2.16 bits per heavy atom. The second-order valence-electron chi connectivity index (χ2n) is 8.01. The topological polar surface area (TPSA) is 80.3 Å². The Labute approximate surface area is 192 Å². The predicted octanol–water partition coefficient (Wildman–Crippen LogP) is 5.48. The molecule has 0 saturated heterocycles. The van der Waals surface area contributed by atoms with Gasteiger partial charge in [0.1, 0.15) is 11.7 Å². The number of amides is 1. The van der Waals surface area contributed by atoms with E-state index in [4.69, 9.17) is 11.6 Å². The van der Waals surface area contributed by atoms with E-state index in [1.165, 1.54) is 19.1 Å². The van der Waals surface area contributed by atoms with Gasteiger partial charge in [-0.2, -0.15) is 0 Å². The maximum atomic E-state index is 13.4. The third kappa shape index (κ3) is 4.17. The average Bonchev–Trinajstić information content (AvgIpc) is 2.79. The van der Waals surface area contributed by atoms with Gasteiger partial charge in [-0.25, -0.2) is 0 Å². The summed E-state index contributed by atoms with van der Waals surface area (Å²) >= 11 is 6.28. The van der Waals surface area contributed by atoms with Gasteiger partial charge in [0, 0.05) is 22.4 Å². The van der Waals surface area contributed by atoms with E-state index in [9.17, 15) is 19.2 Å². The van der Waals surface area contributed by atoms with Crippen molar-refractivity contribution in [3.05, 3.63) is 75.3 Å². The number of halogens is 1. The number of ketones is 3. The molecular formula is C26H26ClNO4. The average molecular weight is 452 g/mol. The summed E-state index contributed by atoms with van der Waals surface area (Å²) in [7, 11) is 0. The second kappa shape index (κ2) is 9.61. The quantitative estimate of drug-likeness (QED) is 0.565. The summed E-state index contributed by atoms with van der Waals surface area (Å²) in [6.07, 6.45) is 1.55. The fourth-order valence-electron chi connectivity index (χ4n) is 4.03. The predicted molar refractivity (Wildman–Crippen MR) is 125 cm³/mol. The first-order valence-corrected chi connectivity index (χ1v) is 11.1. The van der Waals surface area contributed by atoms with Gasteiger partial charge in [0.2, 0.25) is 11.7 Å². The second-order valence-corrected chi connectivity index (χ2v) is 8.39. The molecule has 2 atom stereocenters. The number of hydrogen-bond acceptors (Lipinski definition) is 4. The van der Waals surface area contributed by atoms with E-state index >= 15 is 0 Å². The van der Waals surface area contributed by atoms with Crippen LogP contribution in [0.1, 0.15) is 71.9 Å². The number of anilines is 1. The molecule has 1 aliphatic carbocycles. The first kappa shape index (κ1) is 23.6. The van der Waals surface area contributed by atoms with Crippen LogP contribution in [-0.2, 0) is 16.0 Å². The lowest BCUT2D eigenvalue weighted by molar-refractivity contribution is -0.128. The van der Waals surface area contributed by atoms with Crippen LogP contribution >= 0.6 is 11.6 Å². The minimum atomic E-state index is -1.48. The fourth-order valence-corrected chi connectivity index (χ4v) is 4.33. The maximum Gasteiger partial charge on any atom is 0.239 e. The highest BCUT2D eigenvalue weighted by Crippen LogP contribution is 2.35. The number of fused-ring (bicyclic) bond motifs is 1. The molecule has 0 unspecified atom stereocenters. The van der Waals surface area contributed by atoms with E-state index in [-0.39, 0.29) is 27.7 Å². The zero-order chi connectivity index (χ0) is 23.6. The molecule has 0 fully saturated rings. The van der Waals surface area contributed by atoms with Crippen molar-refractivity contribution in [2.24, 2.45) is 5.92 Å². The van der Waals surface area contributed by atoms with Crippen LogP contribution in [0.3, 0.4) is 0 Å². The highest BCUT2D eigenvalue weighted by molar-refractivity contribution is 6.50. The van der Waals surface area contributed by atoms with Gasteiger partial charge in [0.05, 0.1) is 5.03 Å². The largest absolute Gasteiger partial charge is 0.325 e. The molecule has 3 rings (SSSR count). The smallest absolute Gasteiger partial charge is 0.239 e. The van der Waals surface area contributed by atoms with E-state index in [1.54, 1.807) is 12.1 Å². The molecule has 2 aromatic rings. The summed E-state index contributed by atoms with van der Waals surface area (Å²) in [5, 5.41) is 2.51. The van der Waals surface area contributed by atoms with Gasteiger partial charge in [-0.05, 0) is 36.8 Å². The lowest BCUT2D eigenvalue weighted by Crippen LogP contribution is -2.36. The first-order chi connectivity index (χ1) is 15.2. The number of Topliss-reactive ketones (excluding diaryl/α,β-unsaturated/α-hetero) is 3. The first-order valence-electron chi connectivity index (χ1n) is 10.7. The van der Waals surface area contributed by atoms with Gasteiger partial charge in [0.25, 0.3) is 0 Å². The molecule has 32 heavy (non-hydrogen) atoms. The Kier molecular flexibility index (Phi) is 7.09. The molecule has 1 N–H and O–H groups in total. The van der Waals surface area contributed by atoms with Crippen molar-refractivity contribution in [1.29, 1.82) is 0 Å². The van der Waals surface area contributed by atoms with Crippen LogP contribution in [0.25, 0.3) is 0 Å². The molecule has 0 bridgehead atoms. The van der Waals surface area contributed by atoms with Crippen LogP contribution in [0, 0.1) is 5.92 Å². The van der Waals surface area contributed by atoms with E-state index < -0.39 is 29.2 Å². The van der Waals surface area contributed by atoms with Crippen LogP contribution in [0.4, 0.5) is 5.69 Å². The molecule has 166 valence electrons. The third-order valence-corrected chi connectivity index (χ3v) is 6.38. The molecule has 2 aromatic carbocycles. The highest BCUT2D eigenvalue weighted by Gasteiger charge is 2.40. The zero-order valence-electron chi connectivity index (χ0n) is 18.6. The Balaban J connectivity index is 2.08. The summed E-state index contributed by atoms with van der Waals surface area (Å²) in [5.74, 6) is -3.68. The van der Waals surface area contributed by atoms with Crippen LogP contribution in [0.2, 0.25) is 0 Å².